The molecule has 0 saturated heterocycles. The minimum Gasteiger partial charge on any atom is -0.328 e. The third kappa shape index (κ3) is 3.59. The molecule has 13 heavy (non-hydrogen) atoms. The number of hydrogen-bond acceptors (Lipinski definition) is 2. The maximum atomic E-state index is 5.82. The maximum Gasteiger partial charge on any atom is 0.0624 e. The molecule has 1 aromatic rings. The van der Waals surface area contributed by atoms with Gasteiger partial charge in [0.25, 0.3) is 0 Å². The van der Waals surface area contributed by atoms with Crippen LogP contribution in [0.1, 0.15) is 31.9 Å². The average Bonchev–Trinajstić information content (AvgIpc) is 2.51. The Hall–Kier alpha value is -0.830. The van der Waals surface area contributed by atoms with Crippen molar-refractivity contribution >= 4 is 0 Å². The van der Waals surface area contributed by atoms with Crippen LogP contribution in [-0.4, -0.2) is 15.8 Å². The van der Waals surface area contributed by atoms with E-state index in [4.69, 9.17) is 5.73 Å². The highest BCUT2D eigenvalue weighted by Gasteiger charge is 2.00. The quantitative estimate of drug-likeness (QED) is 0.747. The van der Waals surface area contributed by atoms with Gasteiger partial charge >= 0.3 is 0 Å². The number of nitrogens with zero attached hydrogens (tertiary/aromatic N) is 2. The summed E-state index contributed by atoms with van der Waals surface area (Å²) in [5.41, 5.74) is 6.99. The first-order chi connectivity index (χ1) is 6.22. The monoisotopic (exact) mass is 181 g/mol. The summed E-state index contributed by atoms with van der Waals surface area (Å²) >= 11 is 0. The summed E-state index contributed by atoms with van der Waals surface area (Å²) in [6.07, 6.45) is 6.35. The first kappa shape index (κ1) is 10.3. The molecule has 2 N–H and O–H groups in total. The molecule has 0 saturated carbocycles. The van der Waals surface area contributed by atoms with Gasteiger partial charge in [-0.15, -0.1) is 0 Å². The summed E-state index contributed by atoms with van der Waals surface area (Å²) in [5, 5.41) is 4.31. The lowest BCUT2D eigenvalue weighted by molar-refractivity contribution is 0.563. The molecule has 3 nitrogen and oxygen atoms in total. The Morgan fingerprint density at radius 1 is 1.62 bits per heavy atom. The van der Waals surface area contributed by atoms with Gasteiger partial charge in [-0.1, -0.05) is 6.92 Å². The first-order valence-electron chi connectivity index (χ1n) is 4.96. The van der Waals surface area contributed by atoms with E-state index >= 15 is 0 Å². The molecule has 0 aliphatic rings. The molecule has 1 aromatic heterocycles. The molecule has 0 aromatic carbocycles. The summed E-state index contributed by atoms with van der Waals surface area (Å²) in [6, 6.07) is 2.43. The molecule has 0 fully saturated rings. The summed E-state index contributed by atoms with van der Waals surface area (Å²) in [7, 11) is 1.95. The summed E-state index contributed by atoms with van der Waals surface area (Å²) in [6.45, 7) is 2.13. The van der Waals surface area contributed by atoms with Gasteiger partial charge in [0.2, 0.25) is 0 Å². The summed E-state index contributed by atoms with van der Waals surface area (Å²) in [5.74, 6) is 0. The highest BCUT2D eigenvalue weighted by Crippen LogP contribution is 2.04. The lowest BCUT2D eigenvalue weighted by Crippen LogP contribution is -2.18. The van der Waals surface area contributed by atoms with Gasteiger partial charge in [0, 0.05) is 19.3 Å². The van der Waals surface area contributed by atoms with Crippen LogP contribution in [0.5, 0.6) is 0 Å². The lowest BCUT2D eigenvalue weighted by atomic mass is 10.1. The largest absolute Gasteiger partial charge is 0.328 e. The Morgan fingerprint density at radius 2 is 2.38 bits per heavy atom. The van der Waals surface area contributed by atoms with Gasteiger partial charge in [0.15, 0.2) is 0 Å². The van der Waals surface area contributed by atoms with Gasteiger partial charge in [0.1, 0.15) is 0 Å². The van der Waals surface area contributed by atoms with Crippen LogP contribution in [0.4, 0.5) is 0 Å². The van der Waals surface area contributed by atoms with E-state index < -0.39 is 0 Å². The van der Waals surface area contributed by atoms with Crippen LogP contribution in [0.2, 0.25) is 0 Å². The molecule has 0 radical (unpaired) electrons. The van der Waals surface area contributed by atoms with Crippen molar-refractivity contribution in [3.8, 4) is 0 Å². The highest BCUT2D eigenvalue weighted by molar-refractivity contribution is 4.98. The molecule has 0 amide bonds. The zero-order chi connectivity index (χ0) is 9.68. The minimum atomic E-state index is 0.365. The topological polar surface area (TPSA) is 43.8 Å². The van der Waals surface area contributed by atoms with Gasteiger partial charge in [-0.2, -0.15) is 5.10 Å². The SMILES string of the molecule is CCC(N)CCCc1ccn(C)n1. The van der Waals surface area contributed by atoms with E-state index in [9.17, 15) is 0 Å². The van der Waals surface area contributed by atoms with Gasteiger partial charge in [0.05, 0.1) is 5.69 Å². The van der Waals surface area contributed by atoms with Crippen molar-refractivity contribution in [1.82, 2.24) is 9.78 Å². The van der Waals surface area contributed by atoms with Crippen LogP contribution in [0.3, 0.4) is 0 Å². The van der Waals surface area contributed by atoms with Crippen molar-refractivity contribution in [2.75, 3.05) is 0 Å². The van der Waals surface area contributed by atoms with Crippen molar-refractivity contribution in [3.05, 3.63) is 18.0 Å². The molecular formula is C10H19N3. The molecule has 1 unspecified atom stereocenters. The van der Waals surface area contributed by atoms with E-state index in [1.54, 1.807) is 0 Å². The number of aryl methyl sites for hydroxylation is 2. The zero-order valence-corrected chi connectivity index (χ0v) is 8.53. The Labute approximate surface area is 79.9 Å². The Bertz CT molecular complexity index is 242. The Balaban J connectivity index is 2.20. The second kappa shape index (κ2) is 5.02. The number of aromatic nitrogens is 2. The molecule has 1 atom stereocenters. The molecule has 74 valence electrons. The molecule has 0 spiro atoms. The lowest BCUT2D eigenvalue weighted by Gasteiger charge is -2.06. The van der Waals surface area contributed by atoms with Crippen molar-refractivity contribution in [1.29, 1.82) is 0 Å². The van der Waals surface area contributed by atoms with E-state index in [-0.39, 0.29) is 0 Å². The fraction of sp³-hybridized carbons (Fsp3) is 0.700. The van der Waals surface area contributed by atoms with Crippen molar-refractivity contribution < 1.29 is 0 Å². The Morgan fingerprint density at radius 3 is 2.92 bits per heavy atom. The van der Waals surface area contributed by atoms with Gasteiger partial charge in [-0.25, -0.2) is 0 Å². The second-order valence-corrected chi connectivity index (χ2v) is 3.54. The van der Waals surface area contributed by atoms with Crippen molar-refractivity contribution in [2.24, 2.45) is 12.8 Å². The number of rotatable bonds is 5. The normalized spacial score (nSPS) is 13.2. The van der Waals surface area contributed by atoms with E-state index in [2.05, 4.69) is 18.1 Å². The first-order valence-corrected chi connectivity index (χ1v) is 4.96. The number of nitrogens with two attached hydrogens (primary N) is 1. The smallest absolute Gasteiger partial charge is 0.0624 e. The third-order valence-electron chi connectivity index (χ3n) is 2.30. The molecule has 0 bridgehead atoms. The Kier molecular flexibility index (Phi) is 3.96. The van der Waals surface area contributed by atoms with Crippen LogP contribution in [0, 0.1) is 0 Å². The molecule has 1 heterocycles. The zero-order valence-electron chi connectivity index (χ0n) is 8.53. The molecule has 1 rings (SSSR count). The van der Waals surface area contributed by atoms with Crippen molar-refractivity contribution in [2.45, 2.75) is 38.6 Å². The molecule has 3 heteroatoms. The van der Waals surface area contributed by atoms with Crippen LogP contribution in [-0.2, 0) is 13.5 Å². The highest BCUT2D eigenvalue weighted by atomic mass is 15.2. The van der Waals surface area contributed by atoms with Crippen molar-refractivity contribution in [3.63, 3.8) is 0 Å². The third-order valence-corrected chi connectivity index (χ3v) is 2.30. The minimum absolute atomic E-state index is 0.365. The van der Waals surface area contributed by atoms with E-state index in [1.165, 1.54) is 5.69 Å². The van der Waals surface area contributed by atoms with Crippen LogP contribution >= 0.6 is 0 Å². The van der Waals surface area contributed by atoms with Crippen LogP contribution < -0.4 is 5.73 Å². The molecule has 0 aliphatic carbocycles. The van der Waals surface area contributed by atoms with Gasteiger partial charge < -0.3 is 5.73 Å². The van der Waals surface area contributed by atoms with E-state index in [0.29, 0.717) is 6.04 Å². The van der Waals surface area contributed by atoms with E-state index in [1.807, 2.05) is 17.9 Å². The second-order valence-electron chi connectivity index (χ2n) is 3.54. The molecule has 0 aliphatic heterocycles. The van der Waals surface area contributed by atoms with E-state index in [0.717, 1.165) is 25.7 Å². The maximum absolute atomic E-state index is 5.82. The van der Waals surface area contributed by atoms with Crippen LogP contribution in [0.25, 0.3) is 0 Å². The van der Waals surface area contributed by atoms with Crippen LogP contribution in [0.15, 0.2) is 12.3 Å². The molecular weight excluding hydrogens is 162 g/mol. The predicted molar refractivity (Wildman–Crippen MR) is 54.4 cm³/mol. The fourth-order valence-electron chi connectivity index (χ4n) is 1.35. The predicted octanol–water partition coefficient (Wildman–Crippen LogP) is 1.48. The summed E-state index contributed by atoms with van der Waals surface area (Å²) < 4.78 is 1.84. The van der Waals surface area contributed by atoms with Gasteiger partial charge in [-0.3, -0.25) is 4.68 Å². The number of hydrogen-bond donors (Lipinski definition) is 1. The fourth-order valence-corrected chi connectivity index (χ4v) is 1.35. The average molecular weight is 181 g/mol. The summed E-state index contributed by atoms with van der Waals surface area (Å²) in [4.78, 5) is 0. The standard InChI is InChI=1S/C10H19N3/c1-3-9(11)5-4-6-10-7-8-13(2)12-10/h7-9H,3-6,11H2,1-2H3. The van der Waals surface area contributed by atoms with Gasteiger partial charge in [-0.05, 0) is 31.7 Å².